The van der Waals surface area contributed by atoms with Crippen molar-refractivity contribution >= 4 is 61.8 Å². The van der Waals surface area contributed by atoms with Gasteiger partial charge >= 0.3 is 118 Å². The average Bonchev–Trinajstić information content (AvgIpc) is 2.24. The van der Waals surface area contributed by atoms with Gasteiger partial charge in [0, 0.05) is 40.1 Å². The summed E-state index contributed by atoms with van der Waals surface area (Å²) in [6.07, 6.45) is 0.333. The first-order valence-corrected chi connectivity index (χ1v) is 7.89. The van der Waals surface area contributed by atoms with Crippen LogP contribution in [0.2, 0.25) is 0 Å². The molecule has 0 aliphatic heterocycles. The molecular formula is C8H21MgN2Na3O14S2. The molecule has 0 unspecified atom stereocenters. The van der Waals surface area contributed by atoms with Crippen LogP contribution >= 0.6 is 0 Å². The minimum atomic E-state index is -5.17. The molecule has 0 saturated carbocycles. The van der Waals surface area contributed by atoms with Crippen molar-refractivity contribution in [1.29, 1.82) is 0 Å². The maximum Gasteiger partial charge on any atom is 2.00 e. The summed E-state index contributed by atoms with van der Waals surface area (Å²) in [5.41, 5.74) is 0. The number of carboxylic acid groups (broad SMARTS) is 3. The Balaban J connectivity index is -0.0000000159. The number of carbonyl (C=O) groups excluding carboxylic acids is 1. The number of aliphatic carboxylic acids is 3. The third-order valence-corrected chi connectivity index (χ3v) is 0.591. The van der Waals surface area contributed by atoms with Gasteiger partial charge in [-0.05, 0) is 6.42 Å². The molecule has 0 aromatic rings. The molecule has 0 aromatic heterocycles. The van der Waals surface area contributed by atoms with Gasteiger partial charge < -0.3 is 50.6 Å². The number of hydrogen-bond donors (Lipinski definition) is 4. The Labute approximate surface area is 257 Å². The zero-order valence-electron chi connectivity index (χ0n) is 17.6. The molecule has 0 spiro atoms. The Kier molecular flexibility index (Phi) is 103. The van der Waals surface area contributed by atoms with Gasteiger partial charge in [0.2, 0.25) is 0 Å². The second kappa shape index (κ2) is 44.5. The van der Waals surface area contributed by atoms with Crippen LogP contribution in [0.25, 0.3) is 0 Å². The Morgan fingerprint density at radius 2 is 0.800 bits per heavy atom. The van der Waals surface area contributed by atoms with Crippen molar-refractivity contribution < 1.29 is 153 Å². The molecule has 8 N–H and O–H groups in total. The van der Waals surface area contributed by atoms with Crippen LogP contribution in [-0.4, -0.2) is 86.2 Å². The number of carbonyl (C=O) groups is 3. The van der Waals surface area contributed by atoms with E-state index in [0.717, 1.165) is 6.92 Å². The molecule has 0 amide bonds. The number of hydrogen-bond acceptors (Lipinski definition) is 14. The van der Waals surface area contributed by atoms with E-state index in [1.54, 1.807) is 6.92 Å². The van der Waals surface area contributed by atoms with Crippen molar-refractivity contribution in [1.82, 2.24) is 12.3 Å². The van der Waals surface area contributed by atoms with Gasteiger partial charge in [0.15, 0.2) is 0 Å². The van der Waals surface area contributed by atoms with Gasteiger partial charge in [-0.25, -0.2) is 0 Å². The summed E-state index contributed by atoms with van der Waals surface area (Å²) in [5.74, 6) is -2.57. The molecule has 0 rings (SSSR count). The van der Waals surface area contributed by atoms with Crippen molar-refractivity contribution in [3.63, 3.8) is 0 Å². The monoisotopic (exact) mass is 526 g/mol. The number of rotatable bonds is 2. The van der Waals surface area contributed by atoms with E-state index in [-0.39, 0.29) is 137 Å². The fourth-order valence-corrected chi connectivity index (χ4v) is 0. The van der Waals surface area contributed by atoms with Crippen LogP contribution in [0, 0.1) is 0 Å². The van der Waals surface area contributed by atoms with Crippen molar-refractivity contribution in [2.45, 2.75) is 33.6 Å². The SMILES string of the molecule is CC(=O)O.CCC(=O)O.CCC(=O)[O-].N.N.O=S(=O)([O-])[O-].O=S(=O)([O-])[O-].[Mg+2].[Na+].[Na+].[Na+]. The summed E-state index contributed by atoms with van der Waals surface area (Å²) in [4.78, 5) is 27.6. The molecule has 0 atom stereocenters. The van der Waals surface area contributed by atoms with Crippen molar-refractivity contribution in [2.24, 2.45) is 0 Å². The van der Waals surface area contributed by atoms with Gasteiger partial charge in [-0.3, -0.25) is 26.4 Å². The van der Waals surface area contributed by atoms with Gasteiger partial charge in [0.05, 0.1) is 0 Å². The van der Waals surface area contributed by atoms with Crippen LogP contribution in [-0.2, 0) is 35.2 Å². The van der Waals surface area contributed by atoms with E-state index in [9.17, 15) is 14.7 Å². The van der Waals surface area contributed by atoms with E-state index < -0.39 is 38.7 Å². The van der Waals surface area contributed by atoms with Crippen LogP contribution in [0.1, 0.15) is 33.6 Å². The molecule has 0 aliphatic carbocycles. The normalized spacial score (nSPS) is 7.17. The summed E-state index contributed by atoms with van der Waals surface area (Å²) < 4.78 is 68.2. The Hall–Kier alpha value is 1.84. The summed E-state index contributed by atoms with van der Waals surface area (Å²) in [6.45, 7) is 4.22. The van der Waals surface area contributed by atoms with Crippen LogP contribution in [0.15, 0.2) is 0 Å². The predicted octanol–water partition coefficient (Wildman–Crippen LogP) is -12.0. The fourth-order valence-electron chi connectivity index (χ4n) is 0. The summed E-state index contributed by atoms with van der Waals surface area (Å²) in [5, 5.41) is 24.4. The van der Waals surface area contributed by atoms with Crippen molar-refractivity contribution in [3.05, 3.63) is 0 Å². The molecule has 16 nitrogen and oxygen atoms in total. The third kappa shape index (κ3) is 728. The first kappa shape index (κ1) is 69.7. The largest absolute Gasteiger partial charge is 2.00 e. The quantitative estimate of drug-likeness (QED) is 0.147. The van der Waals surface area contributed by atoms with Gasteiger partial charge in [-0.1, -0.05) is 13.8 Å². The minimum absolute atomic E-state index is 0. The van der Waals surface area contributed by atoms with Crippen LogP contribution < -0.4 is 106 Å². The second-order valence-electron chi connectivity index (χ2n) is 2.81. The van der Waals surface area contributed by atoms with E-state index in [0.29, 0.717) is 0 Å². The van der Waals surface area contributed by atoms with E-state index >= 15 is 0 Å². The Morgan fingerprint density at radius 1 is 0.733 bits per heavy atom. The molecule has 0 radical (unpaired) electrons. The van der Waals surface area contributed by atoms with Crippen LogP contribution in [0.5, 0.6) is 0 Å². The standard InChI is InChI=1S/2C3H6O2.C2H4O2.Mg.2H3N.3Na.2H2O4S/c2*1-2-3(4)5;1-2(3)4;;;;;;;2*1-5(2,3)4/h2*2H2,1H3,(H,4,5);1H3,(H,3,4);;2*1H3;;;;2*(H2,1,2,3,4)/q;;;+2;;;3*+1;;/p-5. The van der Waals surface area contributed by atoms with Gasteiger partial charge in [-0.15, -0.1) is 0 Å². The minimum Gasteiger partial charge on any atom is -0.759 e. The third-order valence-electron chi connectivity index (χ3n) is 0.591. The topological polar surface area (TPSA) is 345 Å². The van der Waals surface area contributed by atoms with E-state index in [1.165, 1.54) is 6.92 Å². The molecule has 0 aliphatic rings. The van der Waals surface area contributed by atoms with E-state index in [1.807, 2.05) is 0 Å². The van der Waals surface area contributed by atoms with Gasteiger partial charge in [-0.2, -0.15) is 0 Å². The molecule has 0 fully saturated rings. The fraction of sp³-hybridized carbons (Fsp3) is 0.625. The predicted molar refractivity (Wildman–Crippen MR) is 83.3 cm³/mol. The van der Waals surface area contributed by atoms with Gasteiger partial charge in [0.25, 0.3) is 5.97 Å². The number of carboxylic acids is 3. The maximum atomic E-state index is 9.37. The molecule has 0 bridgehead atoms. The summed E-state index contributed by atoms with van der Waals surface area (Å²) >= 11 is 0. The molecular weight excluding hydrogens is 505 g/mol. The molecule has 22 heteroatoms. The summed E-state index contributed by atoms with van der Waals surface area (Å²) in [7, 11) is -10.3. The van der Waals surface area contributed by atoms with Crippen molar-refractivity contribution in [2.75, 3.05) is 0 Å². The molecule has 0 aromatic carbocycles. The Bertz CT molecular complexity index is 498. The van der Waals surface area contributed by atoms with Crippen LogP contribution in [0.4, 0.5) is 0 Å². The van der Waals surface area contributed by atoms with Crippen molar-refractivity contribution in [3.8, 4) is 0 Å². The Morgan fingerprint density at radius 3 is 0.800 bits per heavy atom. The molecule has 164 valence electrons. The molecule has 0 heterocycles. The first-order valence-electron chi connectivity index (χ1n) is 5.22. The molecule has 0 saturated heterocycles. The van der Waals surface area contributed by atoms with E-state index in [4.69, 9.17) is 50.1 Å². The first-order chi connectivity index (χ1) is 10.3. The second-order valence-corrected chi connectivity index (χ2v) is 4.44. The van der Waals surface area contributed by atoms with E-state index in [2.05, 4.69) is 0 Å². The smallest absolute Gasteiger partial charge is 0.759 e. The zero-order valence-corrected chi connectivity index (χ0v) is 26.7. The van der Waals surface area contributed by atoms with Gasteiger partial charge in [0.1, 0.15) is 0 Å². The van der Waals surface area contributed by atoms with Crippen LogP contribution in [0.3, 0.4) is 0 Å². The summed E-state index contributed by atoms with van der Waals surface area (Å²) in [6, 6.07) is 0. The zero-order chi connectivity index (χ0) is 21.1. The average molecular weight is 527 g/mol. The molecule has 30 heavy (non-hydrogen) atoms. The maximum absolute atomic E-state index is 9.37.